The van der Waals surface area contributed by atoms with E-state index in [-0.39, 0.29) is 6.04 Å². The van der Waals surface area contributed by atoms with Crippen LogP contribution in [0.2, 0.25) is 0 Å². The molecule has 0 radical (unpaired) electrons. The summed E-state index contributed by atoms with van der Waals surface area (Å²) in [5.41, 5.74) is 1.86. The zero-order chi connectivity index (χ0) is 14.2. The minimum Gasteiger partial charge on any atom is -0.317 e. The summed E-state index contributed by atoms with van der Waals surface area (Å²) in [7, 11) is -3.36. The van der Waals surface area contributed by atoms with Gasteiger partial charge in [-0.3, -0.25) is 4.31 Å². The Balaban J connectivity index is 1.85. The van der Waals surface area contributed by atoms with Crippen LogP contribution in [0.5, 0.6) is 0 Å². The fourth-order valence-corrected chi connectivity index (χ4v) is 4.90. The first kappa shape index (κ1) is 13.9. The van der Waals surface area contributed by atoms with E-state index < -0.39 is 10.2 Å². The lowest BCUT2D eigenvalue weighted by Crippen LogP contribution is -2.45. The molecule has 3 rings (SSSR count). The van der Waals surface area contributed by atoms with Crippen LogP contribution >= 0.6 is 0 Å². The van der Waals surface area contributed by atoms with Crippen molar-refractivity contribution < 1.29 is 8.42 Å². The van der Waals surface area contributed by atoms with Gasteiger partial charge in [-0.05, 0) is 50.6 Å². The molecular formula is C14H21N3O2S. The highest BCUT2D eigenvalue weighted by atomic mass is 32.2. The van der Waals surface area contributed by atoms with E-state index in [1.54, 1.807) is 8.61 Å². The number of piperidine rings is 1. The van der Waals surface area contributed by atoms with E-state index in [1.807, 2.05) is 31.2 Å². The molecule has 110 valence electrons. The van der Waals surface area contributed by atoms with E-state index in [9.17, 15) is 8.42 Å². The molecule has 0 atom stereocenters. The molecule has 20 heavy (non-hydrogen) atoms. The van der Waals surface area contributed by atoms with E-state index in [0.717, 1.165) is 37.2 Å². The molecule has 0 spiro atoms. The fraction of sp³-hybridized carbons (Fsp3) is 0.571. The number of hydrogen-bond donors (Lipinski definition) is 1. The Morgan fingerprint density at radius 2 is 1.95 bits per heavy atom. The van der Waals surface area contributed by atoms with Gasteiger partial charge >= 0.3 is 10.2 Å². The predicted octanol–water partition coefficient (Wildman–Crippen LogP) is 1.11. The molecule has 2 aliphatic heterocycles. The van der Waals surface area contributed by atoms with Gasteiger partial charge in [0, 0.05) is 19.1 Å². The molecule has 0 unspecified atom stereocenters. The maximum absolute atomic E-state index is 12.7. The number of nitrogens with zero attached hydrogens (tertiary/aromatic N) is 2. The molecule has 1 aromatic carbocycles. The van der Waals surface area contributed by atoms with Gasteiger partial charge in [0.25, 0.3) is 0 Å². The van der Waals surface area contributed by atoms with Crippen molar-refractivity contribution in [1.82, 2.24) is 9.62 Å². The number of aryl methyl sites for hydroxylation is 1. The summed E-state index contributed by atoms with van der Waals surface area (Å²) in [5.74, 6) is 0. The highest BCUT2D eigenvalue weighted by molar-refractivity contribution is 7.90. The minimum atomic E-state index is -3.36. The van der Waals surface area contributed by atoms with Crippen molar-refractivity contribution in [3.63, 3.8) is 0 Å². The molecule has 2 saturated heterocycles. The lowest BCUT2D eigenvalue weighted by molar-refractivity contribution is 0.280. The van der Waals surface area contributed by atoms with Gasteiger partial charge in [-0.2, -0.15) is 12.7 Å². The van der Waals surface area contributed by atoms with Crippen LogP contribution in [-0.4, -0.2) is 44.9 Å². The Hall–Kier alpha value is -1.11. The zero-order valence-electron chi connectivity index (χ0n) is 11.7. The van der Waals surface area contributed by atoms with Crippen molar-refractivity contribution in [3.05, 3.63) is 29.8 Å². The summed E-state index contributed by atoms with van der Waals surface area (Å²) >= 11 is 0. The highest BCUT2D eigenvalue weighted by Crippen LogP contribution is 2.29. The van der Waals surface area contributed by atoms with Gasteiger partial charge in [0.1, 0.15) is 0 Å². The first-order chi connectivity index (χ1) is 9.59. The van der Waals surface area contributed by atoms with Crippen LogP contribution in [-0.2, 0) is 10.2 Å². The Morgan fingerprint density at radius 3 is 2.65 bits per heavy atom. The Kier molecular flexibility index (Phi) is 3.70. The SMILES string of the molecule is Cc1cccc(N2CCN(C3CCNCC3)S2(=O)=O)c1. The molecule has 0 aliphatic carbocycles. The third-order valence-corrected chi connectivity index (χ3v) is 6.13. The van der Waals surface area contributed by atoms with Crippen molar-refractivity contribution in [3.8, 4) is 0 Å². The van der Waals surface area contributed by atoms with Gasteiger partial charge in [0.2, 0.25) is 0 Å². The van der Waals surface area contributed by atoms with Gasteiger partial charge in [0.15, 0.2) is 0 Å². The number of rotatable bonds is 2. The highest BCUT2D eigenvalue weighted by Gasteiger charge is 2.41. The second-order valence-corrected chi connectivity index (χ2v) is 7.32. The van der Waals surface area contributed by atoms with Crippen LogP contribution in [0.3, 0.4) is 0 Å². The molecule has 6 heteroatoms. The van der Waals surface area contributed by atoms with Crippen LogP contribution in [0, 0.1) is 6.92 Å². The summed E-state index contributed by atoms with van der Waals surface area (Å²) in [4.78, 5) is 0. The van der Waals surface area contributed by atoms with Gasteiger partial charge in [-0.25, -0.2) is 0 Å². The normalized spacial score (nSPS) is 24.1. The molecule has 0 aromatic heterocycles. The average molecular weight is 295 g/mol. The quantitative estimate of drug-likeness (QED) is 0.889. The summed E-state index contributed by atoms with van der Waals surface area (Å²) in [6.45, 7) is 4.94. The van der Waals surface area contributed by atoms with Crippen LogP contribution < -0.4 is 9.62 Å². The largest absolute Gasteiger partial charge is 0.317 e. The van der Waals surface area contributed by atoms with Crippen LogP contribution in [0.1, 0.15) is 18.4 Å². The molecule has 0 amide bonds. The van der Waals surface area contributed by atoms with E-state index in [2.05, 4.69) is 5.32 Å². The number of hydrogen-bond acceptors (Lipinski definition) is 3. The van der Waals surface area contributed by atoms with Crippen molar-refractivity contribution in [2.24, 2.45) is 0 Å². The lowest BCUT2D eigenvalue weighted by Gasteiger charge is -2.30. The van der Waals surface area contributed by atoms with E-state index in [4.69, 9.17) is 0 Å². The average Bonchev–Trinajstić information content (AvgIpc) is 2.75. The van der Waals surface area contributed by atoms with E-state index in [1.165, 1.54) is 0 Å². The third kappa shape index (κ3) is 2.43. The number of anilines is 1. The van der Waals surface area contributed by atoms with Gasteiger partial charge in [-0.15, -0.1) is 0 Å². The maximum Gasteiger partial charge on any atom is 0.304 e. The Labute approximate surface area is 120 Å². The summed E-state index contributed by atoms with van der Waals surface area (Å²) < 4.78 is 28.7. The Morgan fingerprint density at radius 1 is 1.20 bits per heavy atom. The third-order valence-electron chi connectivity index (χ3n) is 4.10. The molecule has 1 aromatic rings. The fourth-order valence-electron chi connectivity index (χ4n) is 3.06. The second kappa shape index (κ2) is 5.35. The van der Waals surface area contributed by atoms with Crippen molar-refractivity contribution in [2.75, 3.05) is 30.5 Å². The molecule has 2 heterocycles. The molecule has 2 aliphatic rings. The van der Waals surface area contributed by atoms with Crippen molar-refractivity contribution >= 4 is 15.9 Å². The maximum atomic E-state index is 12.7. The van der Waals surface area contributed by atoms with E-state index >= 15 is 0 Å². The standard InChI is InChI=1S/C14H21N3O2S/c1-12-3-2-4-14(11-12)17-10-9-16(20(17,18)19)13-5-7-15-8-6-13/h2-4,11,13,15H,5-10H2,1H3. The van der Waals surface area contributed by atoms with Crippen LogP contribution in [0.15, 0.2) is 24.3 Å². The molecule has 0 saturated carbocycles. The van der Waals surface area contributed by atoms with Crippen LogP contribution in [0.25, 0.3) is 0 Å². The monoisotopic (exact) mass is 295 g/mol. The summed E-state index contributed by atoms with van der Waals surface area (Å²) in [6.07, 6.45) is 1.81. The second-order valence-electron chi connectivity index (χ2n) is 5.51. The number of benzene rings is 1. The van der Waals surface area contributed by atoms with Crippen LogP contribution in [0.4, 0.5) is 5.69 Å². The molecular weight excluding hydrogens is 274 g/mol. The predicted molar refractivity (Wildman–Crippen MR) is 80.0 cm³/mol. The zero-order valence-corrected chi connectivity index (χ0v) is 12.6. The Bertz CT molecular complexity index is 582. The summed E-state index contributed by atoms with van der Waals surface area (Å²) in [5, 5.41) is 3.28. The first-order valence-corrected chi connectivity index (χ1v) is 8.55. The van der Waals surface area contributed by atoms with Crippen molar-refractivity contribution in [1.29, 1.82) is 0 Å². The number of nitrogens with one attached hydrogen (secondary N) is 1. The van der Waals surface area contributed by atoms with Gasteiger partial charge in [0.05, 0.1) is 5.69 Å². The summed E-state index contributed by atoms with van der Waals surface area (Å²) in [6, 6.07) is 7.85. The minimum absolute atomic E-state index is 0.149. The van der Waals surface area contributed by atoms with Gasteiger partial charge < -0.3 is 5.32 Å². The van der Waals surface area contributed by atoms with Gasteiger partial charge in [-0.1, -0.05) is 12.1 Å². The molecule has 5 nitrogen and oxygen atoms in total. The first-order valence-electron chi connectivity index (χ1n) is 7.16. The van der Waals surface area contributed by atoms with E-state index in [0.29, 0.717) is 13.1 Å². The molecule has 0 bridgehead atoms. The molecule has 2 fully saturated rings. The topological polar surface area (TPSA) is 52.6 Å². The lowest BCUT2D eigenvalue weighted by atomic mass is 10.1. The molecule has 1 N–H and O–H groups in total. The smallest absolute Gasteiger partial charge is 0.304 e. The van der Waals surface area contributed by atoms with Crippen molar-refractivity contribution in [2.45, 2.75) is 25.8 Å².